The second-order valence-corrected chi connectivity index (χ2v) is 5.65. The predicted octanol–water partition coefficient (Wildman–Crippen LogP) is 1.53. The Morgan fingerprint density at radius 2 is 1.86 bits per heavy atom. The lowest BCUT2D eigenvalue weighted by Crippen LogP contribution is -2.65. The van der Waals surface area contributed by atoms with Gasteiger partial charge < -0.3 is 9.47 Å². The Balaban J connectivity index is 2.25. The highest BCUT2D eigenvalue weighted by molar-refractivity contribution is 5.03. The van der Waals surface area contributed by atoms with Crippen molar-refractivity contribution in [3.63, 3.8) is 0 Å². The van der Waals surface area contributed by atoms with Crippen LogP contribution in [0.2, 0.25) is 0 Å². The molecule has 82 valence electrons. The lowest BCUT2D eigenvalue weighted by molar-refractivity contribution is -0.235. The maximum atomic E-state index is 6.20. The first kappa shape index (κ1) is 10.4. The first-order valence-corrected chi connectivity index (χ1v) is 5.40. The summed E-state index contributed by atoms with van der Waals surface area (Å²) < 4.78 is 11.7. The average Bonchev–Trinajstić information content (AvgIpc) is 2.49. The molecule has 2 aliphatic rings. The topological polar surface area (TPSA) is 30.5 Å². The summed E-state index contributed by atoms with van der Waals surface area (Å²) in [5, 5.41) is 3.42. The van der Waals surface area contributed by atoms with Crippen LogP contribution in [0, 0.1) is 5.41 Å². The Morgan fingerprint density at radius 3 is 2.43 bits per heavy atom. The highest BCUT2D eigenvalue weighted by atomic mass is 16.6. The third kappa shape index (κ3) is 1.47. The molecule has 1 spiro atoms. The molecule has 14 heavy (non-hydrogen) atoms. The van der Waals surface area contributed by atoms with E-state index in [9.17, 15) is 0 Å². The summed E-state index contributed by atoms with van der Waals surface area (Å²) in [6.07, 6.45) is 1.02. The zero-order chi connectivity index (χ0) is 10.4. The molecule has 2 fully saturated rings. The normalized spacial score (nSPS) is 40.3. The van der Waals surface area contributed by atoms with Crippen LogP contribution in [0.4, 0.5) is 0 Å². The maximum Gasteiger partial charge on any atom is 0.114 e. The lowest BCUT2D eigenvalue weighted by atomic mass is 9.72. The standard InChI is InChI=1S/C11H21NO2/c1-9(2)7-12-10(3,4)14-11(9)5-6-13-8-11/h12H,5-8H2,1-4H3. The number of hydrogen-bond acceptors (Lipinski definition) is 3. The van der Waals surface area contributed by atoms with Crippen LogP contribution in [0.25, 0.3) is 0 Å². The number of nitrogens with one attached hydrogen (secondary N) is 1. The molecule has 3 heteroatoms. The fourth-order valence-corrected chi connectivity index (χ4v) is 2.42. The quantitative estimate of drug-likeness (QED) is 0.641. The van der Waals surface area contributed by atoms with Crippen LogP contribution in [0.5, 0.6) is 0 Å². The van der Waals surface area contributed by atoms with Crippen LogP contribution < -0.4 is 5.32 Å². The van der Waals surface area contributed by atoms with Crippen LogP contribution in [-0.4, -0.2) is 31.1 Å². The predicted molar refractivity (Wildman–Crippen MR) is 55.1 cm³/mol. The van der Waals surface area contributed by atoms with Crippen molar-refractivity contribution in [2.75, 3.05) is 19.8 Å². The monoisotopic (exact) mass is 199 g/mol. The van der Waals surface area contributed by atoms with Gasteiger partial charge in [0.15, 0.2) is 0 Å². The van der Waals surface area contributed by atoms with Crippen LogP contribution >= 0.6 is 0 Å². The van der Waals surface area contributed by atoms with Crippen LogP contribution in [0.3, 0.4) is 0 Å². The Kier molecular flexibility index (Phi) is 2.18. The van der Waals surface area contributed by atoms with Crippen LogP contribution in [0.15, 0.2) is 0 Å². The summed E-state index contributed by atoms with van der Waals surface area (Å²) >= 11 is 0. The van der Waals surface area contributed by atoms with Gasteiger partial charge in [0.05, 0.1) is 6.61 Å². The molecule has 0 saturated carbocycles. The molecule has 0 radical (unpaired) electrons. The summed E-state index contributed by atoms with van der Waals surface area (Å²) in [6, 6.07) is 0. The zero-order valence-electron chi connectivity index (χ0n) is 9.64. The minimum atomic E-state index is -0.219. The van der Waals surface area contributed by atoms with Gasteiger partial charge in [-0.15, -0.1) is 0 Å². The van der Waals surface area contributed by atoms with Crippen LogP contribution in [-0.2, 0) is 9.47 Å². The minimum Gasteiger partial charge on any atom is -0.378 e. The summed E-state index contributed by atoms with van der Waals surface area (Å²) in [4.78, 5) is 0. The fourth-order valence-electron chi connectivity index (χ4n) is 2.42. The smallest absolute Gasteiger partial charge is 0.114 e. The SMILES string of the molecule is CC1(C)NCC(C)(C)C2(CCOC2)O1. The van der Waals surface area contributed by atoms with E-state index in [1.807, 2.05) is 0 Å². The molecule has 0 aromatic heterocycles. The van der Waals surface area contributed by atoms with Gasteiger partial charge >= 0.3 is 0 Å². The molecule has 2 aliphatic heterocycles. The molecule has 0 aliphatic carbocycles. The van der Waals surface area contributed by atoms with Crippen molar-refractivity contribution in [1.82, 2.24) is 5.32 Å². The number of ether oxygens (including phenoxy) is 2. The molecule has 0 aromatic rings. The third-order valence-electron chi connectivity index (χ3n) is 3.63. The van der Waals surface area contributed by atoms with Gasteiger partial charge in [0.1, 0.15) is 11.3 Å². The van der Waals surface area contributed by atoms with E-state index in [1.165, 1.54) is 0 Å². The fraction of sp³-hybridized carbons (Fsp3) is 1.00. The molecule has 0 aromatic carbocycles. The Labute approximate surface area is 86.2 Å². The van der Waals surface area contributed by atoms with Crippen molar-refractivity contribution in [3.8, 4) is 0 Å². The van der Waals surface area contributed by atoms with E-state index >= 15 is 0 Å². The minimum absolute atomic E-state index is 0.0816. The molecule has 2 rings (SSSR count). The number of rotatable bonds is 0. The van der Waals surface area contributed by atoms with Crippen molar-refractivity contribution in [2.24, 2.45) is 5.41 Å². The van der Waals surface area contributed by atoms with E-state index in [4.69, 9.17) is 9.47 Å². The summed E-state index contributed by atoms with van der Waals surface area (Å²) in [5.74, 6) is 0. The molecule has 2 saturated heterocycles. The van der Waals surface area contributed by atoms with Gasteiger partial charge in [-0.3, -0.25) is 5.32 Å². The van der Waals surface area contributed by atoms with Crippen molar-refractivity contribution in [1.29, 1.82) is 0 Å². The molecule has 3 nitrogen and oxygen atoms in total. The summed E-state index contributed by atoms with van der Waals surface area (Å²) in [6.45, 7) is 11.2. The van der Waals surface area contributed by atoms with Gasteiger partial charge in [-0.05, 0) is 13.8 Å². The molecule has 0 bridgehead atoms. The van der Waals surface area contributed by atoms with Gasteiger partial charge in [-0.1, -0.05) is 13.8 Å². The van der Waals surface area contributed by atoms with Gasteiger partial charge in [0.25, 0.3) is 0 Å². The van der Waals surface area contributed by atoms with Crippen LogP contribution in [0.1, 0.15) is 34.1 Å². The lowest BCUT2D eigenvalue weighted by Gasteiger charge is -2.53. The van der Waals surface area contributed by atoms with Gasteiger partial charge in [-0.25, -0.2) is 0 Å². The first-order valence-electron chi connectivity index (χ1n) is 5.40. The second kappa shape index (κ2) is 2.94. The van der Waals surface area contributed by atoms with E-state index in [0.29, 0.717) is 0 Å². The first-order chi connectivity index (χ1) is 6.37. The molecule has 2 heterocycles. The zero-order valence-corrected chi connectivity index (χ0v) is 9.64. The summed E-state index contributed by atoms with van der Waals surface area (Å²) in [7, 11) is 0. The van der Waals surface area contributed by atoms with E-state index in [1.54, 1.807) is 0 Å². The molecule has 1 atom stereocenters. The van der Waals surface area contributed by atoms with Gasteiger partial charge in [0.2, 0.25) is 0 Å². The van der Waals surface area contributed by atoms with E-state index < -0.39 is 0 Å². The highest BCUT2D eigenvalue weighted by Gasteiger charge is 2.54. The summed E-state index contributed by atoms with van der Waals surface area (Å²) in [5.41, 5.74) is -0.149. The van der Waals surface area contributed by atoms with Gasteiger partial charge in [-0.2, -0.15) is 0 Å². The van der Waals surface area contributed by atoms with Crippen molar-refractivity contribution >= 4 is 0 Å². The van der Waals surface area contributed by atoms with Crippen molar-refractivity contribution in [3.05, 3.63) is 0 Å². The van der Waals surface area contributed by atoms with Crippen molar-refractivity contribution in [2.45, 2.75) is 45.4 Å². The molecule has 0 amide bonds. The highest BCUT2D eigenvalue weighted by Crippen LogP contribution is 2.45. The molecule has 1 N–H and O–H groups in total. The Hall–Kier alpha value is -0.120. The van der Waals surface area contributed by atoms with E-state index in [2.05, 4.69) is 33.0 Å². The largest absolute Gasteiger partial charge is 0.378 e. The maximum absolute atomic E-state index is 6.20. The second-order valence-electron chi connectivity index (χ2n) is 5.65. The van der Waals surface area contributed by atoms with Gasteiger partial charge in [0, 0.05) is 25.0 Å². The third-order valence-corrected chi connectivity index (χ3v) is 3.63. The molecular weight excluding hydrogens is 178 g/mol. The van der Waals surface area contributed by atoms with E-state index in [0.717, 1.165) is 26.2 Å². The van der Waals surface area contributed by atoms with E-state index in [-0.39, 0.29) is 16.7 Å². The number of hydrogen-bond donors (Lipinski definition) is 1. The average molecular weight is 199 g/mol. The Bertz CT molecular complexity index is 229. The molecule has 1 unspecified atom stereocenters. The van der Waals surface area contributed by atoms with Crippen molar-refractivity contribution < 1.29 is 9.47 Å². The molecular formula is C11H21NO2. The Morgan fingerprint density at radius 1 is 1.14 bits per heavy atom.